The number of aromatic hydroxyl groups is 1. The molecule has 0 radical (unpaired) electrons. The van der Waals surface area contributed by atoms with Gasteiger partial charge in [0.2, 0.25) is 0 Å². The van der Waals surface area contributed by atoms with E-state index < -0.39 is 31.0 Å². The van der Waals surface area contributed by atoms with Crippen molar-refractivity contribution in [3.05, 3.63) is 82.8 Å². The van der Waals surface area contributed by atoms with Gasteiger partial charge in [-0.25, -0.2) is 4.98 Å². The molecule has 0 spiro atoms. The Bertz CT molecular complexity index is 1650. The van der Waals surface area contributed by atoms with Gasteiger partial charge in [-0.15, -0.1) is 0 Å². The normalized spacial score (nSPS) is 27.1. The summed E-state index contributed by atoms with van der Waals surface area (Å²) in [6.45, 7) is 1.64. The molecule has 0 saturated carbocycles. The fraction of sp³-hybridized carbons (Fsp3) is 0.525. The summed E-state index contributed by atoms with van der Waals surface area (Å²) < 4.78 is 6.43. The van der Waals surface area contributed by atoms with E-state index in [1.54, 1.807) is 24.5 Å². The molecule has 262 valence electrons. The number of allylic oxidation sites excluding steroid dienone is 2. The SMILES string of the molecule is CCC1C#CC2C=C3CCc4cc(O)c(OC(CC(Cc5ccc[n-]5)c5ccnc(N)c5)C(O)CO)cc4C3CC(O)C2C(O)CCCC1. The largest absolute Gasteiger partial charge is 0.668 e. The number of benzene rings is 1. The predicted molar refractivity (Wildman–Crippen MR) is 188 cm³/mol. The number of aromatic nitrogens is 2. The molecule has 3 aliphatic rings. The van der Waals surface area contributed by atoms with Gasteiger partial charge in [0.25, 0.3) is 0 Å². The van der Waals surface area contributed by atoms with E-state index in [-0.39, 0.29) is 35.2 Å². The number of fused-ring (bicyclic) bond motifs is 4. The van der Waals surface area contributed by atoms with Crippen LogP contribution in [0.25, 0.3) is 0 Å². The van der Waals surface area contributed by atoms with E-state index in [1.165, 1.54) is 5.57 Å². The lowest BCUT2D eigenvalue weighted by atomic mass is 9.76. The number of phenols is 1. The first-order chi connectivity index (χ1) is 23.7. The lowest BCUT2D eigenvalue weighted by molar-refractivity contribution is -0.00885. The lowest BCUT2D eigenvalue weighted by Crippen LogP contribution is -2.37. The molecular weight excluding hydrogens is 618 g/mol. The molecule has 9 unspecified atom stereocenters. The third-order valence-electron chi connectivity index (χ3n) is 10.9. The van der Waals surface area contributed by atoms with E-state index in [2.05, 4.69) is 34.8 Å². The molecule has 9 nitrogen and oxygen atoms in total. The van der Waals surface area contributed by atoms with Gasteiger partial charge in [0, 0.05) is 29.9 Å². The summed E-state index contributed by atoms with van der Waals surface area (Å²) >= 11 is 0. The Balaban J connectivity index is 1.31. The van der Waals surface area contributed by atoms with E-state index in [1.807, 2.05) is 24.3 Å². The highest BCUT2D eigenvalue weighted by atomic mass is 16.5. The van der Waals surface area contributed by atoms with Crippen molar-refractivity contribution in [3.8, 4) is 23.3 Å². The standard InChI is InChI=1S/C40H50N3O6/c1-2-24-6-3-4-8-33(45)40-28(10-9-24)16-26-11-12-27-18-34(46)38(22-32(27)31(26)21-35(40)47)49-37(36(48)23-44)19-29(17-30-7-5-14-42-30)25-13-15-43-39(41)20-25/h5,7,13-16,18,20,22,24,28-29,31,33,35-37,40,44-48H,2-4,6,8,11-12,17,19,21,23H2,1H3,(H2,41,43)/q-1. The number of nitrogens with two attached hydrogens (primary N) is 1. The molecule has 1 aromatic carbocycles. The molecule has 0 fully saturated rings. The van der Waals surface area contributed by atoms with Gasteiger partial charge in [0.1, 0.15) is 18.0 Å². The van der Waals surface area contributed by atoms with Gasteiger partial charge in [-0.1, -0.05) is 55.4 Å². The number of aliphatic hydroxyl groups excluding tert-OH is 4. The molecule has 2 heterocycles. The highest BCUT2D eigenvalue weighted by Gasteiger charge is 2.40. The van der Waals surface area contributed by atoms with Gasteiger partial charge in [-0.2, -0.15) is 11.9 Å². The number of phenolic OH excluding ortho intramolecular Hbond substituents is 1. The number of aryl methyl sites for hydroxylation is 1. The molecule has 3 aromatic rings. The Labute approximate surface area is 289 Å². The van der Waals surface area contributed by atoms with Gasteiger partial charge in [-0.05, 0) is 98.2 Å². The number of nitrogen functional groups attached to an aromatic ring is 1. The number of hydrogen-bond donors (Lipinski definition) is 6. The van der Waals surface area contributed by atoms with E-state index in [9.17, 15) is 25.5 Å². The van der Waals surface area contributed by atoms with Crippen molar-refractivity contribution >= 4 is 5.82 Å². The Kier molecular flexibility index (Phi) is 11.3. The average molecular weight is 669 g/mol. The Morgan fingerprint density at radius 3 is 2.67 bits per heavy atom. The van der Waals surface area contributed by atoms with Crippen LogP contribution in [0.2, 0.25) is 0 Å². The molecule has 2 aromatic heterocycles. The van der Waals surface area contributed by atoms with Crippen LogP contribution in [-0.2, 0) is 12.8 Å². The number of ether oxygens (including phenoxy) is 1. The molecule has 9 heteroatoms. The van der Waals surface area contributed by atoms with E-state index >= 15 is 0 Å². The maximum atomic E-state index is 11.7. The van der Waals surface area contributed by atoms with E-state index in [0.717, 1.165) is 54.5 Å². The highest BCUT2D eigenvalue weighted by molar-refractivity contribution is 5.52. The maximum Gasteiger partial charge on any atom is 0.161 e. The van der Waals surface area contributed by atoms with Gasteiger partial charge in [-0.3, -0.25) is 0 Å². The van der Waals surface area contributed by atoms with Crippen LogP contribution in [0.1, 0.15) is 92.5 Å². The van der Waals surface area contributed by atoms with Crippen molar-refractivity contribution in [1.29, 1.82) is 0 Å². The minimum absolute atomic E-state index is 0.0427. The summed E-state index contributed by atoms with van der Waals surface area (Å²) in [6, 6.07) is 11.1. The smallest absolute Gasteiger partial charge is 0.161 e. The molecular formula is C40H50N3O6-. The zero-order valence-corrected chi connectivity index (χ0v) is 28.3. The second-order valence-electron chi connectivity index (χ2n) is 14.2. The van der Waals surface area contributed by atoms with Crippen LogP contribution < -0.4 is 15.5 Å². The number of anilines is 1. The molecule has 0 bridgehead atoms. The van der Waals surface area contributed by atoms with Crippen LogP contribution in [0, 0.1) is 29.6 Å². The molecule has 0 saturated heterocycles. The van der Waals surface area contributed by atoms with Crippen molar-refractivity contribution in [2.24, 2.45) is 17.8 Å². The average Bonchev–Trinajstić information content (AvgIpc) is 3.56. The fourth-order valence-corrected chi connectivity index (χ4v) is 8.15. The molecule has 6 rings (SSSR count). The fourth-order valence-electron chi connectivity index (χ4n) is 8.15. The van der Waals surface area contributed by atoms with Crippen molar-refractivity contribution in [2.45, 2.75) is 107 Å². The Hall–Kier alpha value is -3.81. The van der Waals surface area contributed by atoms with Crippen molar-refractivity contribution < 1.29 is 30.3 Å². The molecule has 7 N–H and O–H groups in total. The number of hydrogen-bond acceptors (Lipinski definition) is 8. The summed E-state index contributed by atoms with van der Waals surface area (Å²) in [7, 11) is 0. The van der Waals surface area contributed by atoms with Gasteiger partial charge in [0.05, 0.1) is 18.8 Å². The zero-order chi connectivity index (χ0) is 34.5. The number of aliphatic hydroxyl groups is 4. The van der Waals surface area contributed by atoms with Crippen LogP contribution in [0.15, 0.2) is 60.4 Å². The first-order valence-electron chi connectivity index (χ1n) is 17.9. The second kappa shape index (κ2) is 15.8. The van der Waals surface area contributed by atoms with E-state index in [0.29, 0.717) is 43.8 Å². The third-order valence-corrected chi connectivity index (χ3v) is 10.9. The molecule has 9 atom stereocenters. The predicted octanol–water partition coefficient (Wildman–Crippen LogP) is 4.76. The quantitative estimate of drug-likeness (QED) is 0.132. The van der Waals surface area contributed by atoms with Crippen LogP contribution in [0.4, 0.5) is 5.82 Å². The molecule has 3 aliphatic carbocycles. The number of rotatable bonds is 10. The van der Waals surface area contributed by atoms with Crippen LogP contribution in [0.3, 0.4) is 0 Å². The topological polar surface area (TPSA) is 163 Å². The van der Waals surface area contributed by atoms with Crippen LogP contribution >= 0.6 is 0 Å². The summed E-state index contributed by atoms with van der Waals surface area (Å²) in [5.74, 6) is 6.91. The third kappa shape index (κ3) is 8.16. The Morgan fingerprint density at radius 2 is 1.92 bits per heavy atom. The minimum atomic E-state index is -1.23. The second-order valence-corrected chi connectivity index (χ2v) is 14.2. The van der Waals surface area contributed by atoms with Crippen LogP contribution in [-0.4, -0.2) is 61.5 Å². The summed E-state index contributed by atoms with van der Waals surface area (Å²) in [6.07, 6.45) is 9.46. The van der Waals surface area contributed by atoms with Gasteiger partial charge >= 0.3 is 0 Å². The monoisotopic (exact) mass is 668 g/mol. The van der Waals surface area contributed by atoms with Crippen LogP contribution in [0.5, 0.6) is 11.5 Å². The zero-order valence-electron chi connectivity index (χ0n) is 28.3. The molecule has 49 heavy (non-hydrogen) atoms. The summed E-state index contributed by atoms with van der Waals surface area (Å²) in [5.41, 5.74) is 10.9. The van der Waals surface area contributed by atoms with Crippen molar-refractivity contribution in [2.75, 3.05) is 12.3 Å². The molecule has 0 aliphatic heterocycles. The number of nitrogens with zero attached hydrogens (tertiary/aromatic N) is 2. The molecule has 0 amide bonds. The number of pyridine rings is 1. The minimum Gasteiger partial charge on any atom is -0.668 e. The first kappa shape index (κ1) is 35.0. The van der Waals surface area contributed by atoms with Gasteiger partial charge < -0.3 is 41.0 Å². The van der Waals surface area contributed by atoms with Crippen molar-refractivity contribution in [3.63, 3.8) is 0 Å². The first-order valence-corrected chi connectivity index (χ1v) is 17.9. The highest BCUT2D eigenvalue weighted by Crippen LogP contribution is 2.48. The Morgan fingerprint density at radius 1 is 1.08 bits per heavy atom. The summed E-state index contributed by atoms with van der Waals surface area (Å²) in [5, 5.41) is 55.3. The van der Waals surface area contributed by atoms with Gasteiger partial charge in [0.15, 0.2) is 11.5 Å². The lowest BCUT2D eigenvalue weighted by Gasteiger charge is -2.33. The van der Waals surface area contributed by atoms with Crippen molar-refractivity contribution in [1.82, 2.24) is 9.97 Å². The summed E-state index contributed by atoms with van der Waals surface area (Å²) in [4.78, 5) is 8.58. The van der Waals surface area contributed by atoms with E-state index in [4.69, 9.17) is 10.5 Å². The maximum absolute atomic E-state index is 11.7.